The van der Waals surface area contributed by atoms with Crippen molar-refractivity contribution in [3.05, 3.63) is 0 Å². The van der Waals surface area contributed by atoms with E-state index in [9.17, 15) is 5.26 Å². The van der Waals surface area contributed by atoms with E-state index in [2.05, 4.69) is 18.3 Å². The summed E-state index contributed by atoms with van der Waals surface area (Å²) in [6.07, 6.45) is 17.8. The summed E-state index contributed by atoms with van der Waals surface area (Å²) in [4.78, 5) is 0. The van der Waals surface area contributed by atoms with Crippen molar-refractivity contribution < 1.29 is 0 Å². The van der Waals surface area contributed by atoms with Crippen LogP contribution in [0.25, 0.3) is 0 Å². The molecule has 0 aromatic rings. The molecule has 2 rings (SSSR count). The third-order valence-corrected chi connectivity index (χ3v) is 6.84. The van der Waals surface area contributed by atoms with Gasteiger partial charge in [-0.3, -0.25) is 5.32 Å². The molecule has 0 radical (unpaired) electrons. The Morgan fingerprint density at radius 1 is 0.955 bits per heavy atom. The maximum absolute atomic E-state index is 9.29. The van der Waals surface area contributed by atoms with Gasteiger partial charge in [-0.25, -0.2) is 0 Å². The molecule has 2 fully saturated rings. The minimum atomic E-state index is 0.0304. The van der Waals surface area contributed by atoms with Crippen molar-refractivity contribution in [2.75, 3.05) is 0 Å². The van der Waals surface area contributed by atoms with E-state index in [0.717, 1.165) is 5.92 Å². The molecule has 4 atom stereocenters. The average Bonchev–Trinajstić information content (AvgIpc) is 2.55. The molecule has 2 nitrogen and oxygen atoms in total. The lowest BCUT2D eigenvalue weighted by Crippen LogP contribution is -2.43. The van der Waals surface area contributed by atoms with Crippen molar-refractivity contribution in [2.24, 2.45) is 5.92 Å². The minimum absolute atomic E-state index is 0.0304. The Morgan fingerprint density at radius 2 is 1.59 bits per heavy atom. The third-order valence-electron chi connectivity index (χ3n) is 5.51. The van der Waals surface area contributed by atoms with Gasteiger partial charge in [-0.05, 0) is 25.2 Å². The summed E-state index contributed by atoms with van der Waals surface area (Å²) in [6.45, 7) is 2.36. The summed E-state index contributed by atoms with van der Waals surface area (Å²) in [5.74, 6) is 0.963. The van der Waals surface area contributed by atoms with E-state index < -0.39 is 0 Å². The molecule has 1 N–H and O–H groups in total. The molecule has 1 heterocycles. The van der Waals surface area contributed by atoms with Crippen LogP contribution in [-0.4, -0.2) is 16.7 Å². The fourth-order valence-corrected chi connectivity index (χ4v) is 5.42. The maximum Gasteiger partial charge on any atom is 0.142 e. The van der Waals surface area contributed by atoms with Crippen molar-refractivity contribution in [3.8, 4) is 6.07 Å². The number of nitrogens with zero attached hydrogens (tertiary/aromatic N) is 1. The zero-order valence-electron chi connectivity index (χ0n) is 14.4. The van der Waals surface area contributed by atoms with Gasteiger partial charge in [0.1, 0.15) is 5.37 Å². The van der Waals surface area contributed by atoms with Crippen LogP contribution in [0.15, 0.2) is 0 Å². The second-order valence-electron chi connectivity index (χ2n) is 7.27. The van der Waals surface area contributed by atoms with Crippen LogP contribution in [0.5, 0.6) is 0 Å². The minimum Gasteiger partial charge on any atom is -0.291 e. The molecule has 4 unspecified atom stereocenters. The average molecular weight is 323 g/mol. The second kappa shape index (κ2) is 10.6. The maximum atomic E-state index is 9.29. The summed E-state index contributed by atoms with van der Waals surface area (Å²) in [5, 5.41) is 13.6. The molecule has 0 aromatic heterocycles. The van der Waals surface area contributed by atoms with Crippen LogP contribution in [0, 0.1) is 17.2 Å². The lowest BCUT2D eigenvalue weighted by Gasteiger charge is -2.33. The fourth-order valence-electron chi connectivity index (χ4n) is 4.05. The highest BCUT2D eigenvalue weighted by atomic mass is 32.2. The standard InChI is InChI=1S/C19H34N2S/c1-2-16-10-6-4-3-5-7-12-17-14-18(13-9-8-11-16)22-19(15-20)21-17/h16-19,21H,2-14H2,1H3. The first kappa shape index (κ1) is 18.1. The van der Waals surface area contributed by atoms with Crippen molar-refractivity contribution in [3.63, 3.8) is 0 Å². The number of hydrogen-bond acceptors (Lipinski definition) is 3. The molecular weight excluding hydrogens is 288 g/mol. The Morgan fingerprint density at radius 3 is 2.32 bits per heavy atom. The highest BCUT2D eigenvalue weighted by Crippen LogP contribution is 2.32. The van der Waals surface area contributed by atoms with Gasteiger partial charge in [-0.15, -0.1) is 11.8 Å². The number of fused-ring (bicyclic) bond motifs is 2. The number of nitrogens with one attached hydrogen (secondary N) is 1. The van der Waals surface area contributed by atoms with Crippen LogP contribution >= 0.6 is 11.8 Å². The van der Waals surface area contributed by atoms with E-state index in [1.165, 1.54) is 83.5 Å². The molecule has 1 aliphatic heterocycles. The number of nitriles is 1. The monoisotopic (exact) mass is 322 g/mol. The molecule has 0 amide bonds. The normalized spacial score (nSPS) is 35.8. The van der Waals surface area contributed by atoms with Gasteiger partial charge in [0.15, 0.2) is 0 Å². The number of rotatable bonds is 1. The van der Waals surface area contributed by atoms with Crippen LogP contribution in [0.1, 0.15) is 90.4 Å². The third kappa shape index (κ3) is 6.50. The molecule has 1 saturated carbocycles. The van der Waals surface area contributed by atoms with E-state index in [-0.39, 0.29) is 5.37 Å². The van der Waals surface area contributed by atoms with E-state index in [4.69, 9.17) is 0 Å². The van der Waals surface area contributed by atoms with Gasteiger partial charge in [0.2, 0.25) is 0 Å². The lowest BCUT2D eigenvalue weighted by molar-refractivity contribution is 0.393. The first-order valence-electron chi connectivity index (χ1n) is 9.63. The van der Waals surface area contributed by atoms with Crippen molar-refractivity contribution >= 4 is 11.8 Å². The van der Waals surface area contributed by atoms with E-state index in [0.29, 0.717) is 11.3 Å². The van der Waals surface area contributed by atoms with Gasteiger partial charge in [0, 0.05) is 11.3 Å². The first-order valence-corrected chi connectivity index (χ1v) is 10.6. The molecule has 1 aliphatic carbocycles. The molecule has 22 heavy (non-hydrogen) atoms. The largest absolute Gasteiger partial charge is 0.291 e. The summed E-state index contributed by atoms with van der Waals surface area (Å²) < 4.78 is 0. The van der Waals surface area contributed by atoms with Gasteiger partial charge >= 0.3 is 0 Å². The van der Waals surface area contributed by atoms with Gasteiger partial charge in [-0.1, -0.05) is 71.1 Å². The van der Waals surface area contributed by atoms with Crippen LogP contribution in [0.3, 0.4) is 0 Å². The van der Waals surface area contributed by atoms with E-state index >= 15 is 0 Å². The predicted molar refractivity (Wildman–Crippen MR) is 96.9 cm³/mol. The second-order valence-corrected chi connectivity index (χ2v) is 8.68. The molecule has 1 saturated heterocycles. The Hall–Kier alpha value is -0.200. The SMILES string of the molecule is CCC1CCCCCCCC2CC(CCCC1)SC(C#N)N2. The topological polar surface area (TPSA) is 35.8 Å². The molecule has 2 aliphatic rings. The molecule has 0 spiro atoms. The first-order chi connectivity index (χ1) is 10.8. The summed E-state index contributed by atoms with van der Waals surface area (Å²) in [5.41, 5.74) is 0. The van der Waals surface area contributed by atoms with E-state index in [1.54, 1.807) is 0 Å². The number of hydrogen-bond donors (Lipinski definition) is 1. The van der Waals surface area contributed by atoms with Crippen LogP contribution < -0.4 is 5.32 Å². The summed E-state index contributed by atoms with van der Waals surface area (Å²) in [7, 11) is 0. The van der Waals surface area contributed by atoms with Crippen molar-refractivity contribution in [2.45, 2.75) is 107 Å². The van der Waals surface area contributed by atoms with E-state index in [1.807, 2.05) is 11.8 Å². The van der Waals surface area contributed by atoms with Crippen molar-refractivity contribution in [1.29, 1.82) is 5.26 Å². The molecule has 2 bridgehead atoms. The van der Waals surface area contributed by atoms with Gasteiger partial charge < -0.3 is 0 Å². The van der Waals surface area contributed by atoms with Gasteiger partial charge in [0.05, 0.1) is 6.07 Å². The fraction of sp³-hybridized carbons (Fsp3) is 0.947. The Bertz CT molecular complexity index is 339. The highest BCUT2D eigenvalue weighted by Gasteiger charge is 2.28. The Kier molecular flexibility index (Phi) is 8.70. The number of thioether (sulfide) groups is 1. The Labute approximate surface area is 141 Å². The lowest BCUT2D eigenvalue weighted by atomic mass is 9.92. The zero-order valence-corrected chi connectivity index (χ0v) is 15.2. The zero-order chi connectivity index (χ0) is 15.6. The molecule has 0 aromatic carbocycles. The van der Waals surface area contributed by atoms with Gasteiger partial charge in [0.25, 0.3) is 0 Å². The highest BCUT2D eigenvalue weighted by molar-refractivity contribution is 8.00. The molecule has 126 valence electrons. The van der Waals surface area contributed by atoms with Gasteiger partial charge in [-0.2, -0.15) is 5.26 Å². The molecule has 3 heteroatoms. The van der Waals surface area contributed by atoms with Crippen LogP contribution in [0.2, 0.25) is 0 Å². The molecular formula is C19H34N2S. The summed E-state index contributed by atoms with van der Waals surface area (Å²) in [6, 6.07) is 3.03. The smallest absolute Gasteiger partial charge is 0.142 e. The summed E-state index contributed by atoms with van der Waals surface area (Å²) >= 11 is 1.88. The predicted octanol–water partition coefficient (Wildman–Crippen LogP) is 5.63. The van der Waals surface area contributed by atoms with Crippen LogP contribution in [0.4, 0.5) is 0 Å². The van der Waals surface area contributed by atoms with Crippen LogP contribution in [-0.2, 0) is 0 Å². The van der Waals surface area contributed by atoms with Crippen molar-refractivity contribution in [1.82, 2.24) is 5.32 Å². The Balaban J connectivity index is 1.85. The quantitative estimate of drug-likeness (QED) is 0.679.